The first-order chi connectivity index (χ1) is 20.9. The van der Waals surface area contributed by atoms with Crippen LogP contribution in [-0.4, -0.2) is 42.8 Å². The first kappa shape index (κ1) is 29.9. The maximum atomic E-state index is 12.3. The molecule has 4 rings (SSSR count). The standard InChI is InChI=1S/C28H28N10O5/c1-41-21-9-5-3-7-17(21)35-37-19-11-13-23(32-26(19)29)31-25(39)15-16-43-28(40)34-24-14-12-20(27(30)33-24)38-36-18-8-4-6-10-22(18)42-2/h3-14H,15-16H2,1-2H3,(H3,29,31,32,39)(H3,30,33,34,40). The molecule has 0 saturated carbocycles. The summed E-state index contributed by atoms with van der Waals surface area (Å²) < 4.78 is 15.5. The molecule has 0 aliphatic rings. The highest BCUT2D eigenvalue weighted by Crippen LogP contribution is 2.31. The number of nitrogens with two attached hydrogens (primary N) is 2. The minimum Gasteiger partial charge on any atom is -0.494 e. The molecule has 15 nitrogen and oxygen atoms in total. The van der Waals surface area contributed by atoms with Crippen molar-refractivity contribution in [3.05, 3.63) is 72.8 Å². The smallest absolute Gasteiger partial charge is 0.412 e. The van der Waals surface area contributed by atoms with E-state index in [1.807, 2.05) is 12.1 Å². The van der Waals surface area contributed by atoms with E-state index in [0.29, 0.717) is 34.2 Å². The lowest BCUT2D eigenvalue weighted by Crippen LogP contribution is -2.19. The van der Waals surface area contributed by atoms with E-state index in [0.717, 1.165) is 0 Å². The van der Waals surface area contributed by atoms with Gasteiger partial charge in [0.25, 0.3) is 0 Å². The summed E-state index contributed by atoms with van der Waals surface area (Å²) >= 11 is 0. The Morgan fingerprint density at radius 1 is 0.674 bits per heavy atom. The Morgan fingerprint density at radius 3 is 1.63 bits per heavy atom. The predicted octanol–water partition coefficient (Wildman–Crippen LogP) is 6.07. The fraction of sp³-hybridized carbons (Fsp3) is 0.143. The van der Waals surface area contributed by atoms with E-state index in [1.165, 1.54) is 32.4 Å². The molecule has 15 heteroatoms. The van der Waals surface area contributed by atoms with Gasteiger partial charge in [0, 0.05) is 0 Å². The van der Waals surface area contributed by atoms with Gasteiger partial charge in [-0.2, -0.15) is 0 Å². The molecule has 0 fully saturated rings. The van der Waals surface area contributed by atoms with Crippen LogP contribution in [0.15, 0.2) is 93.3 Å². The number of para-hydroxylation sites is 2. The number of azo groups is 2. The number of nitrogens with zero attached hydrogens (tertiary/aromatic N) is 6. The fourth-order valence-electron chi connectivity index (χ4n) is 3.47. The molecule has 2 amide bonds. The number of hydrogen-bond acceptors (Lipinski definition) is 13. The van der Waals surface area contributed by atoms with Crippen LogP contribution in [0.4, 0.5) is 50.8 Å². The van der Waals surface area contributed by atoms with Gasteiger partial charge in [-0.3, -0.25) is 10.1 Å². The van der Waals surface area contributed by atoms with Crippen LogP contribution in [0.1, 0.15) is 6.42 Å². The quantitative estimate of drug-likeness (QED) is 0.150. The number of amides is 2. The van der Waals surface area contributed by atoms with Crippen molar-refractivity contribution in [2.45, 2.75) is 6.42 Å². The van der Waals surface area contributed by atoms with Crippen molar-refractivity contribution in [2.24, 2.45) is 20.5 Å². The molecule has 2 heterocycles. The molecule has 0 atom stereocenters. The number of nitrogens with one attached hydrogen (secondary N) is 2. The van der Waals surface area contributed by atoms with Gasteiger partial charge in [-0.25, -0.2) is 14.8 Å². The predicted molar refractivity (Wildman–Crippen MR) is 160 cm³/mol. The minimum atomic E-state index is -0.824. The van der Waals surface area contributed by atoms with Gasteiger partial charge >= 0.3 is 6.09 Å². The average Bonchev–Trinajstić information content (AvgIpc) is 3.00. The zero-order valence-electron chi connectivity index (χ0n) is 23.2. The third-order valence-corrected chi connectivity index (χ3v) is 5.57. The number of methoxy groups -OCH3 is 2. The number of rotatable bonds is 11. The van der Waals surface area contributed by atoms with Crippen molar-refractivity contribution in [3.8, 4) is 11.5 Å². The van der Waals surface area contributed by atoms with E-state index >= 15 is 0 Å². The summed E-state index contributed by atoms with van der Waals surface area (Å²) in [5.41, 5.74) is 13.6. The molecule has 0 saturated heterocycles. The van der Waals surface area contributed by atoms with Crippen LogP contribution in [0, 0.1) is 0 Å². The minimum absolute atomic E-state index is 0.0369. The maximum absolute atomic E-state index is 12.3. The molecular formula is C28H28N10O5. The number of anilines is 4. The number of aromatic nitrogens is 2. The highest BCUT2D eigenvalue weighted by Gasteiger charge is 2.11. The van der Waals surface area contributed by atoms with E-state index in [4.69, 9.17) is 25.7 Å². The van der Waals surface area contributed by atoms with Crippen molar-refractivity contribution in [1.29, 1.82) is 0 Å². The van der Waals surface area contributed by atoms with Crippen LogP contribution in [0.2, 0.25) is 0 Å². The number of carbonyl (C=O) groups is 2. The van der Waals surface area contributed by atoms with Gasteiger partial charge in [0.05, 0.1) is 20.6 Å². The van der Waals surface area contributed by atoms with Gasteiger partial charge in [0.2, 0.25) is 5.91 Å². The van der Waals surface area contributed by atoms with Crippen molar-refractivity contribution in [1.82, 2.24) is 9.97 Å². The van der Waals surface area contributed by atoms with Crippen LogP contribution < -0.4 is 31.6 Å². The number of carbonyl (C=O) groups excluding carboxylic acids is 2. The zero-order valence-corrected chi connectivity index (χ0v) is 23.2. The Balaban J connectivity index is 1.23. The summed E-state index contributed by atoms with van der Waals surface area (Å²) in [7, 11) is 3.06. The second-order valence-electron chi connectivity index (χ2n) is 8.50. The normalized spacial score (nSPS) is 10.9. The lowest BCUT2D eigenvalue weighted by atomic mass is 10.3. The lowest BCUT2D eigenvalue weighted by Gasteiger charge is -2.08. The molecule has 4 aromatic rings. The van der Waals surface area contributed by atoms with Crippen LogP contribution in [0.5, 0.6) is 11.5 Å². The molecule has 2 aromatic heterocycles. The number of benzene rings is 2. The second-order valence-corrected chi connectivity index (χ2v) is 8.50. The summed E-state index contributed by atoms with van der Waals surface area (Å²) in [6.07, 6.45) is -0.961. The Hall–Kier alpha value is -6.12. The summed E-state index contributed by atoms with van der Waals surface area (Å²) in [4.78, 5) is 32.7. The zero-order chi connectivity index (χ0) is 30.6. The van der Waals surface area contributed by atoms with E-state index in [9.17, 15) is 9.59 Å². The summed E-state index contributed by atoms with van der Waals surface area (Å²) in [5, 5.41) is 21.5. The molecule has 0 radical (unpaired) electrons. The molecule has 6 N–H and O–H groups in total. The molecule has 0 aliphatic carbocycles. The number of nitrogen functional groups attached to an aromatic ring is 2. The fourth-order valence-corrected chi connectivity index (χ4v) is 3.47. The molecule has 220 valence electrons. The van der Waals surface area contributed by atoms with Gasteiger partial charge in [0.15, 0.2) is 11.6 Å². The van der Waals surface area contributed by atoms with Crippen molar-refractivity contribution in [3.63, 3.8) is 0 Å². The van der Waals surface area contributed by atoms with Crippen LogP contribution >= 0.6 is 0 Å². The molecule has 43 heavy (non-hydrogen) atoms. The second kappa shape index (κ2) is 14.5. The molecule has 0 spiro atoms. The maximum Gasteiger partial charge on any atom is 0.412 e. The average molecular weight is 585 g/mol. The lowest BCUT2D eigenvalue weighted by molar-refractivity contribution is -0.116. The first-order valence-electron chi connectivity index (χ1n) is 12.7. The van der Waals surface area contributed by atoms with Gasteiger partial charge in [-0.15, -0.1) is 20.5 Å². The van der Waals surface area contributed by atoms with Crippen molar-refractivity contribution >= 4 is 58.0 Å². The Bertz CT molecular complexity index is 1540. The summed E-state index contributed by atoms with van der Waals surface area (Å²) in [6, 6.07) is 20.3. The van der Waals surface area contributed by atoms with Gasteiger partial charge in [-0.05, 0) is 48.5 Å². The summed E-state index contributed by atoms with van der Waals surface area (Å²) in [5.74, 6) is 1.08. The Labute approximate surface area is 246 Å². The molecule has 0 unspecified atom stereocenters. The first-order valence-corrected chi connectivity index (χ1v) is 12.7. The number of pyridine rings is 2. The van der Waals surface area contributed by atoms with E-state index < -0.39 is 12.0 Å². The van der Waals surface area contributed by atoms with Crippen molar-refractivity contribution < 1.29 is 23.8 Å². The Kier molecular flexibility index (Phi) is 10.1. The van der Waals surface area contributed by atoms with E-state index in [-0.39, 0.29) is 36.3 Å². The molecule has 0 bridgehead atoms. The van der Waals surface area contributed by atoms with Gasteiger partial charge in [0.1, 0.15) is 52.5 Å². The highest BCUT2D eigenvalue weighted by atomic mass is 16.5. The third kappa shape index (κ3) is 8.43. The van der Waals surface area contributed by atoms with Crippen LogP contribution in [0.25, 0.3) is 0 Å². The third-order valence-electron chi connectivity index (χ3n) is 5.57. The summed E-state index contributed by atoms with van der Waals surface area (Å²) in [6.45, 7) is -0.209. The topological polar surface area (TPSA) is 213 Å². The molecule has 2 aromatic carbocycles. The largest absolute Gasteiger partial charge is 0.494 e. The van der Waals surface area contributed by atoms with Crippen LogP contribution in [-0.2, 0) is 9.53 Å². The number of hydrogen-bond donors (Lipinski definition) is 4. The monoisotopic (exact) mass is 584 g/mol. The Morgan fingerprint density at radius 2 is 1.14 bits per heavy atom. The van der Waals surface area contributed by atoms with E-state index in [2.05, 4.69) is 41.1 Å². The molecular weight excluding hydrogens is 556 g/mol. The van der Waals surface area contributed by atoms with E-state index in [1.54, 1.807) is 42.5 Å². The number of ether oxygens (including phenoxy) is 3. The van der Waals surface area contributed by atoms with Crippen LogP contribution in [0.3, 0.4) is 0 Å². The molecule has 0 aliphatic heterocycles. The van der Waals surface area contributed by atoms with Gasteiger partial charge < -0.3 is 31.0 Å². The van der Waals surface area contributed by atoms with Crippen molar-refractivity contribution in [2.75, 3.05) is 42.9 Å². The van der Waals surface area contributed by atoms with Gasteiger partial charge in [-0.1, -0.05) is 24.3 Å². The highest BCUT2D eigenvalue weighted by molar-refractivity contribution is 5.90. The SMILES string of the molecule is COc1ccccc1N=Nc1ccc(NC(=O)CCOC(=O)Nc2ccc(N=Nc3ccccc3OC)c(N)n2)nc1N.